The van der Waals surface area contributed by atoms with Crippen LogP contribution in [-0.4, -0.2) is 11.7 Å². The standard InChI is InChI=1S/C12H14ClFO/c1-3-12(2,8-15)7-9-4-5-10(13)11(14)6-9/h3-6,15H,1,7-8H2,2H3. The van der Waals surface area contributed by atoms with Crippen LogP contribution in [0.1, 0.15) is 12.5 Å². The highest BCUT2D eigenvalue weighted by Crippen LogP contribution is 2.25. The van der Waals surface area contributed by atoms with Crippen LogP contribution in [0, 0.1) is 11.2 Å². The zero-order valence-electron chi connectivity index (χ0n) is 8.63. The lowest BCUT2D eigenvalue weighted by Crippen LogP contribution is -2.21. The van der Waals surface area contributed by atoms with E-state index >= 15 is 0 Å². The Hall–Kier alpha value is -0.860. The SMILES string of the molecule is C=CC(C)(CO)Cc1ccc(Cl)c(F)c1. The molecule has 0 radical (unpaired) electrons. The molecule has 1 rings (SSSR count). The molecule has 3 heteroatoms. The number of hydrogen-bond acceptors (Lipinski definition) is 1. The monoisotopic (exact) mass is 228 g/mol. The van der Waals surface area contributed by atoms with E-state index in [2.05, 4.69) is 6.58 Å². The lowest BCUT2D eigenvalue weighted by molar-refractivity contribution is 0.184. The molecule has 0 saturated carbocycles. The molecule has 1 aromatic rings. The Morgan fingerprint density at radius 2 is 2.27 bits per heavy atom. The topological polar surface area (TPSA) is 20.2 Å². The van der Waals surface area contributed by atoms with E-state index in [1.165, 1.54) is 12.1 Å². The molecule has 0 saturated heterocycles. The van der Waals surface area contributed by atoms with Crippen LogP contribution in [0.4, 0.5) is 4.39 Å². The summed E-state index contributed by atoms with van der Waals surface area (Å²) in [5.41, 5.74) is 0.383. The van der Waals surface area contributed by atoms with Gasteiger partial charge < -0.3 is 5.11 Å². The van der Waals surface area contributed by atoms with Crippen molar-refractivity contribution in [2.24, 2.45) is 5.41 Å². The van der Waals surface area contributed by atoms with E-state index < -0.39 is 11.2 Å². The molecule has 0 aliphatic carbocycles. The van der Waals surface area contributed by atoms with Crippen LogP contribution in [0.25, 0.3) is 0 Å². The maximum absolute atomic E-state index is 13.1. The van der Waals surface area contributed by atoms with Crippen LogP contribution < -0.4 is 0 Å². The van der Waals surface area contributed by atoms with Crippen molar-refractivity contribution in [3.05, 3.63) is 47.3 Å². The Bertz CT molecular complexity index is 365. The van der Waals surface area contributed by atoms with E-state index in [0.717, 1.165) is 5.56 Å². The van der Waals surface area contributed by atoms with Crippen molar-refractivity contribution in [1.82, 2.24) is 0 Å². The average molecular weight is 229 g/mol. The van der Waals surface area contributed by atoms with Gasteiger partial charge in [-0.15, -0.1) is 6.58 Å². The van der Waals surface area contributed by atoms with Crippen LogP contribution in [0.3, 0.4) is 0 Å². The van der Waals surface area contributed by atoms with Gasteiger partial charge >= 0.3 is 0 Å². The second kappa shape index (κ2) is 4.77. The number of hydrogen-bond donors (Lipinski definition) is 1. The van der Waals surface area contributed by atoms with Gasteiger partial charge in [0.1, 0.15) is 5.82 Å². The van der Waals surface area contributed by atoms with Gasteiger partial charge in [-0.05, 0) is 24.1 Å². The molecular weight excluding hydrogens is 215 g/mol. The Labute approximate surface area is 94.2 Å². The molecule has 0 fully saturated rings. The molecule has 0 aromatic heterocycles. The number of aliphatic hydroxyl groups excluding tert-OH is 1. The molecule has 0 aliphatic heterocycles. The summed E-state index contributed by atoms with van der Waals surface area (Å²) in [6, 6.07) is 4.66. The number of aliphatic hydroxyl groups is 1. The molecule has 0 amide bonds. The Morgan fingerprint density at radius 1 is 1.60 bits per heavy atom. The van der Waals surface area contributed by atoms with E-state index in [1.54, 1.807) is 12.1 Å². The molecular formula is C12H14ClFO. The molecule has 0 heterocycles. The van der Waals surface area contributed by atoms with E-state index in [9.17, 15) is 9.50 Å². The summed E-state index contributed by atoms with van der Waals surface area (Å²) in [6.07, 6.45) is 2.22. The lowest BCUT2D eigenvalue weighted by Gasteiger charge is -2.22. The average Bonchev–Trinajstić information content (AvgIpc) is 2.23. The highest BCUT2D eigenvalue weighted by molar-refractivity contribution is 6.30. The molecule has 0 bridgehead atoms. The van der Waals surface area contributed by atoms with Crippen LogP contribution in [-0.2, 0) is 6.42 Å². The van der Waals surface area contributed by atoms with Gasteiger partial charge in [0.15, 0.2) is 0 Å². The van der Waals surface area contributed by atoms with Crippen molar-refractivity contribution in [3.8, 4) is 0 Å². The van der Waals surface area contributed by atoms with Gasteiger partial charge in [0, 0.05) is 5.41 Å². The first kappa shape index (κ1) is 12.2. The van der Waals surface area contributed by atoms with Crippen molar-refractivity contribution in [2.75, 3.05) is 6.61 Å². The maximum Gasteiger partial charge on any atom is 0.142 e. The van der Waals surface area contributed by atoms with E-state index in [4.69, 9.17) is 11.6 Å². The summed E-state index contributed by atoms with van der Waals surface area (Å²) in [5.74, 6) is -0.432. The number of rotatable bonds is 4. The molecule has 1 nitrogen and oxygen atoms in total. The summed E-state index contributed by atoms with van der Waals surface area (Å²) >= 11 is 5.58. The molecule has 82 valence electrons. The first-order valence-corrected chi connectivity index (χ1v) is 5.07. The molecule has 0 spiro atoms. The highest BCUT2D eigenvalue weighted by Gasteiger charge is 2.19. The first-order valence-electron chi connectivity index (χ1n) is 4.69. The molecule has 1 atom stereocenters. The Morgan fingerprint density at radius 3 is 2.73 bits per heavy atom. The zero-order valence-corrected chi connectivity index (χ0v) is 9.39. The second-order valence-electron chi connectivity index (χ2n) is 3.94. The van der Waals surface area contributed by atoms with E-state index in [-0.39, 0.29) is 11.6 Å². The molecule has 1 aromatic carbocycles. The number of benzene rings is 1. The molecule has 0 aliphatic rings. The Kier molecular flexibility index (Phi) is 3.89. The Balaban J connectivity index is 2.89. The summed E-state index contributed by atoms with van der Waals surface area (Å²) in [4.78, 5) is 0. The summed E-state index contributed by atoms with van der Waals surface area (Å²) < 4.78 is 13.1. The van der Waals surface area contributed by atoms with Gasteiger partial charge in [-0.1, -0.05) is 30.7 Å². The van der Waals surface area contributed by atoms with Crippen molar-refractivity contribution >= 4 is 11.6 Å². The highest BCUT2D eigenvalue weighted by atomic mass is 35.5. The minimum atomic E-state index is -0.432. The molecule has 1 N–H and O–H groups in total. The first-order chi connectivity index (χ1) is 7.00. The largest absolute Gasteiger partial charge is 0.395 e. The van der Waals surface area contributed by atoms with Crippen LogP contribution in [0.2, 0.25) is 5.02 Å². The minimum Gasteiger partial charge on any atom is -0.395 e. The van der Waals surface area contributed by atoms with E-state index in [1.807, 2.05) is 6.92 Å². The van der Waals surface area contributed by atoms with Crippen molar-refractivity contribution in [2.45, 2.75) is 13.3 Å². The predicted octanol–water partition coefficient (Wildman–Crippen LogP) is 3.21. The van der Waals surface area contributed by atoms with Crippen LogP contribution in [0.15, 0.2) is 30.9 Å². The maximum atomic E-state index is 13.1. The van der Waals surface area contributed by atoms with Gasteiger partial charge in [0.05, 0.1) is 11.6 Å². The molecule has 15 heavy (non-hydrogen) atoms. The second-order valence-corrected chi connectivity index (χ2v) is 4.35. The normalized spacial score (nSPS) is 14.7. The summed E-state index contributed by atoms with van der Waals surface area (Å²) in [7, 11) is 0. The van der Waals surface area contributed by atoms with Gasteiger partial charge in [-0.3, -0.25) is 0 Å². The van der Waals surface area contributed by atoms with Crippen molar-refractivity contribution in [3.63, 3.8) is 0 Å². The third kappa shape index (κ3) is 3.05. The quantitative estimate of drug-likeness (QED) is 0.785. The minimum absolute atomic E-state index is 0.0131. The van der Waals surface area contributed by atoms with E-state index in [0.29, 0.717) is 6.42 Å². The zero-order chi connectivity index (χ0) is 11.5. The summed E-state index contributed by atoms with van der Waals surface area (Å²) in [6.45, 7) is 5.51. The van der Waals surface area contributed by atoms with Crippen LogP contribution in [0.5, 0.6) is 0 Å². The van der Waals surface area contributed by atoms with Gasteiger partial charge in [0.2, 0.25) is 0 Å². The van der Waals surface area contributed by atoms with Gasteiger partial charge in [-0.2, -0.15) is 0 Å². The van der Waals surface area contributed by atoms with Gasteiger partial charge in [0.25, 0.3) is 0 Å². The third-order valence-corrected chi connectivity index (χ3v) is 2.75. The smallest absolute Gasteiger partial charge is 0.142 e. The summed E-state index contributed by atoms with van der Waals surface area (Å²) in [5, 5.41) is 9.29. The van der Waals surface area contributed by atoms with Gasteiger partial charge in [-0.25, -0.2) is 4.39 Å². The fourth-order valence-corrected chi connectivity index (χ4v) is 1.43. The van der Waals surface area contributed by atoms with Crippen molar-refractivity contribution < 1.29 is 9.50 Å². The van der Waals surface area contributed by atoms with Crippen molar-refractivity contribution in [1.29, 1.82) is 0 Å². The molecule has 1 unspecified atom stereocenters. The fourth-order valence-electron chi connectivity index (χ4n) is 1.31. The third-order valence-electron chi connectivity index (χ3n) is 2.45. The number of halogens is 2. The predicted molar refractivity (Wildman–Crippen MR) is 60.5 cm³/mol. The lowest BCUT2D eigenvalue weighted by atomic mass is 9.85. The van der Waals surface area contributed by atoms with Crippen LogP contribution >= 0.6 is 11.6 Å². The fraction of sp³-hybridized carbons (Fsp3) is 0.333.